The maximum absolute atomic E-state index is 13.2. The Morgan fingerprint density at radius 2 is 1.81 bits per heavy atom. The fourth-order valence-electron chi connectivity index (χ4n) is 4.01. The summed E-state index contributed by atoms with van der Waals surface area (Å²) in [6.07, 6.45) is 4.77. The molecule has 3 rings (SSSR count). The molecule has 5 nitrogen and oxygen atoms in total. The molecule has 0 heterocycles. The number of rotatable bonds is 11. The number of amides is 2. The van der Waals surface area contributed by atoms with Gasteiger partial charge in [-0.25, -0.2) is 0 Å². The molecule has 0 radical (unpaired) electrons. The molecule has 6 heteroatoms. The highest BCUT2D eigenvalue weighted by atomic mass is 32.2. The van der Waals surface area contributed by atoms with Crippen LogP contribution in [-0.2, 0) is 21.9 Å². The molecule has 1 unspecified atom stereocenters. The topological polar surface area (TPSA) is 58.6 Å². The van der Waals surface area contributed by atoms with Gasteiger partial charge in [-0.3, -0.25) is 9.59 Å². The monoisotopic (exact) mass is 454 g/mol. The molecule has 1 saturated carbocycles. The zero-order valence-corrected chi connectivity index (χ0v) is 19.9. The Kier molecular flexibility index (Phi) is 9.47. The van der Waals surface area contributed by atoms with Gasteiger partial charge in [-0.15, -0.1) is 0 Å². The van der Waals surface area contributed by atoms with Crippen LogP contribution in [0.4, 0.5) is 0 Å². The van der Waals surface area contributed by atoms with Crippen LogP contribution in [0.15, 0.2) is 54.6 Å². The van der Waals surface area contributed by atoms with Gasteiger partial charge in [0.15, 0.2) is 0 Å². The summed E-state index contributed by atoms with van der Waals surface area (Å²) in [6.45, 7) is 2.22. The Morgan fingerprint density at radius 1 is 1.09 bits per heavy atom. The first kappa shape index (κ1) is 24.2. The summed E-state index contributed by atoms with van der Waals surface area (Å²) in [6, 6.07) is 17.7. The third kappa shape index (κ3) is 7.30. The molecule has 32 heavy (non-hydrogen) atoms. The smallest absolute Gasteiger partial charge is 0.242 e. The Labute approximate surface area is 195 Å². The first-order chi connectivity index (χ1) is 15.6. The predicted molar refractivity (Wildman–Crippen MR) is 131 cm³/mol. The lowest BCUT2D eigenvalue weighted by molar-refractivity contribution is -0.140. The van der Waals surface area contributed by atoms with Gasteiger partial charge in [-0.1, -0.05) is 55.3 Å². The van der Waals surface area contributed by atoms with E-state index in [0.29, 0.717) is 13.0 Å². The fraction of sp³-hybridized carbons (Fsp3) is 0.462. The molecule has 1 atom stereocenters. The minimum absolute atomic E-state index is 0.00227. The van der Waals surface area contributed by atoms with E-state index in [1.54, 1.807) is 23.8 Å². The lowest BCUT2D eigenvalue weighted by Crippen LogP contribution is -2.49. The summed E-state index contributed by atoms with van der Waals surface area (Å²) in [4.78, 5) is 27.8. The van der Waals surface area contributed by atoms with Crippen molar-refractivity contribution in [1.29, 1.82) is 0 Å². The molecule has 0 aromatic heterocycles. The van der Waals surface area contributed by atoms with E-state index in [1.807, 2.05) is 49.4 Å². The van der Waals surface area contributed by atoms with Crippen LogP contribution in [-0.4, -0.2) is 41.7 Å². The molecule has 0 aliphatic heterocycles. The van der Waals surface area contributed by atoms with Crippen molar-refractivity contribution >= 4 is 23.6 Å². The number of hydrogen-bond donors (Lipinski definition) is 1. The molecule has 1 fully saturated rings. The molecular weight excluding hydrogens is 420 g/mol. The lowest BCUT2D eigenvalue weighted by atomic mass is 10.1. The molecule has 2 aromatic rings. The van der Waals surface area contributed by atoms with Crippen molar-refractivity contribution in [1.82, 2.24) is 10.2 Å². The summed E-state index contributed by atoms with van der Waals surface area (Å²) in [5.41, 5.74) is 2.21. The first-order valence-electron chi connectivity index (χ1n) is 11.4. The van der Waals surface area contributed by atoms with Crippen LogP contribution in [0.3, 0.4) is 0 Å². The summed E-state index contributed by atoms with van der Waals surface area (Å²) in [5, 5.41) is 3.15. The van der Waals surface area contributed by atoms with Gasteiger partial charge in [0.25, 0.3) is 0 Å². The van der Waals surface area contributed by atoms with Crippen molar-refractivity contribution < 1.29 is 14.3 Å². The van der Waals surface area contributed by atoms with Crippen LogP contribution >= 0.6 is 11.8 Å². The second-order valence-electron chi connectivity index (χ2n) is 8.33. The van der Waals surface area contributed by atoms with Gasteiger partial charge in [-0.05, 0) is 43.0 Å². The first-order valence-corrected chi connectivity index (χ1v) is 12.6. The van der Waals surface area contributed by atoms with Gasteiger partial charge in [0.1, 0.15) is 11.8 Å². The minimum atomic E-state index is -0.520. The van der Waals surface area contributed by atoms with Crippen molar-refractivity contribution in [3.63, 3.8) is 0 Å². The van der Waals surface area contributed by atoms with E-state index >= 15 is 0 Å². The summed E-state index contributed by atoms with van der Waals surface area (Å²) in [7, 11) is 1.63. The van der Waals surface area contributed by atoms with Gasteiger partial charge >= 0.3 is 0 Å². The summed E-state index contributed by atoms with van der Waals surface area (Å²) < 4.78 is 5.33. The van der Waals surface area contributed by atoms with Crippen LogP contribution in [0.2, 0.25) is 0 Å². The second-order valence-corrected chi connectivity index (χ2v) is 9.43. The van der Waals surface area contributed by atoms with Crippen LogP contribution in [0.1, 0.15) is 50.2 Å². The predicted octanol–water partition coefficient (Wildman–Crippen LogP) is 4.79. The number of benzene rings is 2. The fourth-order valence-corrected chi connectivity index (χ4v) is 4.90. The van der Waals surface area contributed by atoms with Gasteiger partial charge in [0.05, 0.1) is 7.11 Å². The molecule has 2 amide bonds. The number of methoxy groups -OCH3 is 1. The molecular formula is C26H34N2O3S. The van der Waals surface area contributed by atoms with Gasteiger partial charge in [0, 0.05) is 30.5 Å². The Bertz CT molecular complexity index is 868. The Balaban J connectivity index is 1.62. The molecule has 0 bridgehead atoms. The van der Waals surface area contributed by atoms with Crippen LogP contribution < -0.4 is 10.1 Å². The number of hydrogen-bond acceptors (Lipinski definition) is 4. The normalized spacial score (nSPS) is 14.7. The van der Waals surface area contributed by atoms with Crippen molar-refractivity contribution in [3.8, 4) is 5.75 Å². The number of ether oxygens (including phenoxy) is 1. The van der Waals surface area contributed by atoms with E-state index in [1.165, 1.54) is 5.56 Å². The zero-order valence-electron chi connectivity index (χ0n) is 19.1. The maximum Gasteiger partial charge on any atom is 0.242 e. The quantitative estimate of drug-likeness (QED) is 0.496. The Hall–Kier alpha value is -2.47. The molecule has 1 N–H and O–H groups in total. The number of carbonyl (C=O) groups is 2. The standard InChI is InChI=1S/C26H34N2O3S/c1-20(26(30)27-23-12-6-7-13-23)28(18-22-11-8-14-24(17-22)31-2)25(29)15-16-32-19-21-9-4-3-5-10-21/h3-5,8-11,14,17,20,23H,6-7,12-13,15-16,18-19H2,1-2H3,(H,27,30). The van der Waals surface area contributed by atoms with E-state index in [2.05, 4.69) is 17.4 Å². The van der Waals surface area contributed by atoms with E-state index in [0.717, 1.165) is 48.5 Å². The van der Waals surface area contributed by atoms with Crippen molar-refractivity contribution in [3.05, 3.63) is 65.7 Å². The number of nitrogens with zero attached hydrogens (tertiary/aromatic N) is 1. The van der Waals surface area contributed by atoms with Gasteiger partial charge in [-0.2, -0.15) is 11.8 Å². The van der Waals surface area contributed by atoms with E-state index in [4.69, 9.17) is 4.74 Å². The highest BCUT2D eigenvalue weighted by Gasteiger charge is 2.28. The molecule has 2 aromatic carbocycles. The molecule has 1 aliphatic carbocycles. The van der Waals surface area contributed by atoms with Crippen molar-refractivity contribution in [2.24, 2.45) is 0 Å². The highest BCUT2D eigenvalue weighted by molar-refractivity contribution is 7.98. The van der Waals surface area contributed by atoms with Crippen molar-refractivity contribution in [2.45, 2.75) is 63.4 Å². The number of carbonyl (C=O) groups excluding carboxylic acids is 2. The van der Waals surface area contributed by atoms with Crippen LogP contribution in [0, 0.1) is 0 Å². The largest absolute Gasteiger partial charge is 0.497 e. The second kappa shape index (κ2) is 12.5. The highest BCUT2D eigenvalue weighted by Crippen LogP contribution is 2.20. The zero-order chi connectivity index (χ0) is 22.8. The lowest BCUT2D eigenvalue weighted by Gasteiger charge is -2.30. The van der Waals surface area contributed by atoms with Crippen molar-refractivity contribution in [2.75, 3.05) is 12.9 Å². The molecule has 0 saturated heterocycles. The van der Waals surface area contributed by atoms with Gasteiger partial charge in [0.2, 0.25) is 11.8 Å². The average molecular weight is 455 g/mol. The summed E-state index contributed by atoms with van der Waals surface area (Å²) >= 11 is 1.74. The minimum Gasteiger partial charge on any atom is -0.497 e. The van der Waals surface area contributed by atoms with Crippen LogP contribution in [0.25, 0.3) is 0 Å². The SMILES string of the molecule is COc1cccc(CN(C(=O)CCSCc2ccccc2)C(C)C(=O)NC2CCCC2)c1. The van der Waals surface area contributed by atoms with Gasteiger partial charge < -0.3 is 15.0 Å². The Morgan fingerprint density at radius 3 is 2.53 bits per heavy atom. The number of nitrogens with one attached hydrogen (secondary N) is 1. The third-order valence-corrected chi connectivity index (χ3v) is 6.96. The van der Waals surface area contributed by atoms with E-state index < -0.39 is 6.04 Å². The number of thioether (sulfide) groups is 1. The van der Waals surface area contributed by atoms with Crippen LogP contribution in [0.5, 0.6) is 5.75 Å². The average Bonchev–Trinajstić information content (AvgIpc) is 3.33. The molecule has 0 spiro atoms. The molecule has 172 valence electrons. The maximum atomic E-state index is 13.2. The van der Waals surface area contributed by atoms with E-state index in [9.17, 15) is 9.59 Å². The third-order valence-electron chi connectivity index (χ3n) is 5.93. The molecule has 1 aliphatic rings. The van der Waals surface area contributed by atoms with E-state index in [-0.39, 0.29) is 17.9 Å². The summed E-state index contributed by atoms with van der Waals surface area (Å²) in [5.74, 6) is 2.28.